The maximum absolute atomic E-state index is 12.5. The molecule has 0 radical (unpaired) electrons. The summed E-state index contributed by atoms with van der Waals surface area (Å²) in [4.78, 5) is 49.5. The Bertz CT molecular complexity index is 1130. The van der Waals surface area contributed by atoms with Crippen LogP contribution in [0.25, 0.3) is 6.08 Å². The highest BCUT2D eigenvalue weighted by Crippen LogP contribution is 2.32. The van der Waals surface area contributed by atoms with E-state index in [2.05, 4.69) is 5.32 Å². The van der Waals surface area contributed by atoms with Crippen LogP contribution >= 0.6 is 11.8 Å². The van der Waals surface area contributed by atoms with Crippen LogP contribution in [0.2, 0.25) is 0 Å². The van der Waals surface area contributed by atoms with Crippen LogP contribution in [0.4, 0.5) is 10.5 Å². The van der Waals surface area contributed by atoms with Crippen LogP contribution in [0.1, 0.15) is 23.6 Å². The molecule has 2 aromatic carbocycles. The lowest BCUT2D eigenvalue weighted by Gasteiger charge is -2.11. The van der Waals surface area contributed by atoms with Gasteiger partial charge < -0.3 is 14.8 Å². The molecule has 0 spiro atoms. The van der Waals surface area contributed by atoms with E-state index in [-0.39, 0.29) is 24.0 Å². The number of imide groups is 1. The molecule has 0 aliphatic carbocycles. The minimum absolute atomic E-state index is 0.167. The van der Waals surface area contributed by atoms with Crippen molar-refractivity contribution in [3.05, 3.63) is 64.1 Å². The second kappa shape index (κ2) is 10.8. The Labute approximate surface area is 195 Å². The van der Waals surface area contributed by atoms with Crippen molar-refractivity contribution in [2.24, 2.45) is 0 Å². The zero-order valence-corrected chi connectivity index (χ0v) is 19.4. The first-order chi connectivity index (χ1) is 15.8. The van der Waals surface area contributed by atoms with Gasteiger partial charge in [-0.15, -0.1) is 0 Å². The van der Waals surface area contributed by atoms with Crippen molar-refractivity contribution >= 4 is 46.5 Å². The Morgan fingerprint density at radius 1 is 1.12 bits per heavy atom. The number of rotatable bonds is 8. The van der Waals surface area contributed by atoms with Gasteiger partial charge in [-0.1, -0.05) is 29.8 Å². The third kappa shape index (κ3) is 6.45. The van der Waals surface area contributed by atoms with Crippen molar-refractivity contribution < 1.29 is 28.7 Å². The summed E-state index contributed by atoms with van der Waals surface area (Å²) in [6.45, 7) is 5.10. The van der Waals surface area contributed by atoms with Crippen molar-refractivity contribution in [3.8, 4) is 5.75 Å². The average Bonchev–Trinajstić information content (AvgIpc) is 3.02. The molecule has 9 heteroatoms. The molecule has 1 aliphatic rings. The smallest absolute Gasteiger partial charge is 0.326 e. The highest BCUT2D eigenvalue weighted by molar-refractivity contribution is 8.18. The Kier molecular flexibility index (Phi) is 7.89. The molecular formula is C24H24N2O6S. The summed E-state index contributed by atoms with van der Waals surface area (Å²) in [7, 11) is 0. The first kappa shape index (κ1) is 24.1. The Morgan fingerprint density at radius 2 is 1.91 bits per heavy atom. The number of amides is 3. The van der Waals surface area contributed by atoms with Crippen molar-refractivity contribution in [3.63, 3.8) is 0 Å². The molecule has 1 N–H and O–H groups in total. The highest BCUT2D eigenvalue weighted by Gasteiger charge is 2.36. The summed E-state index contributed by atoms with van der Waals surface area (Å²) in [6, 6.07) is 12.5. The summed E-state index contributed by atoms with van der Waals surface area (Å²) >= 11 is 0.750. The summed E-state index contributed by atoms with van der Waals surface area (Å²) in [5.41, 5.74) is 3.41. The fourth-order valence-electron chi connectivity index (χ4n) is 3.11. The van der Waals surface area contributed by atoms with Gasteiger partial charge in [0.2, 0.25) is 0 Å². The normalized spacial score (nSPS) is 14.5. The van der Waals surface area contributed by atoms with E-state index in [1.54, 1.807) is 37.3 Å². The largest absolute Gasteiger partial charge is 0.484 e. The van der Waals surface area contributed by atoms with Gasteiger partial charge in [-0.3, -0.25) is 24.1 Å². The van der Waals surface area contributed by atoms with Crippen LogP contribution in [-0.4, -0.2) is 47.7 Å². The average molecular weight is 469 g/mol. The predicted molar refractivity (Wildman–Crippen MR) is 126 cm³/mol. The Hall–Kier alpha value is -3.59. The third-order valence-electron chi connectivity index (χ3n) is 4.65. The number of carbonyl (C=O) groups excluding carboxylic acids is 4. The van der Waals surface area contributed by atoms with E-state index in [1.165, 1.54) is 0 Å². The first-order valence-electron chi connectivity index (χ1n) is 10.3. The monoisotopic (exact) mass is 468 g/mol. The van der Waals surface area contributed by atoms with Crippen LogP contribution in [0.3, 0.4) is 0 Å². The molecule has 1 fully saturated rings. The van der Waals surface area contributed by atoms with Gasteiger partial charge in [0, 0.05) is 5.69 Å². The molecular weight excluding hydrogens is 444 g/mol. The number of nitrogens with zero attached hydrogens (tertiary/aromatic N) is 1. The van der Waals surface area contributed by atoms with Gasteiger partial charge in [0.25, 0.3) is 17.1 Å². The lowest BCUT2D eigenvalue weighted by molar-refractivity contribution is -0.146. The van der Waals surface area contributed by atoms with E-state index >= 15 is 0 Å². The maximum atomic E-state index is 12.5. The number of hydrogen-bond acceptors (Lipinski definition) is 7. The fraction of sp³-hybridized carbons (Fsp3) is 0.250. The van der Waals surface area contributed by atoms with Crippen molar-refractivity contribution in [2.45, 2.75) is 20.8 Å². The number of benzene rings is 2. The molecule has 1 saturated heterocycles. The van der Waals surface area contributed by atoms with E-state index in [4.69, 9.17) is 9.47 Å². The number of esters is 1. The minimum Gasteiger partial charge on any atom is -0.484 e. The second-order valence-electron chi connectivity index (χ2n) is 7.30. The van der Waals surface area contributed by atoms with Gasteiger partial charge >= 0.3 is 5.97 Å². The summed E-state index contributed by atoms with van der Waals surface area (Å²) in [5.74, 6) is -1.06. The molecule has 3 rings (SSSR count). The first-order valence-corrected chi connectivity index (χ1v) is 11.1. The summed E-state index contributed by atoms with van der Waals surface area (Å²) in [6.07, 6.45) is 1.54. The quantitative estimate of drug-likeness (QED) is 0.463. The molecule has 8 nitrogen and oxygen atoms in total. The van der Waals surface area contributed by atoms with Gasteiger partial charge in [-0.05, 0) is 67.9 Å². The second-order valence-corrected chi connectivity index (χ2v) is 8.29. The lowest BCUT2D eigenvalue weighted by atomic mass is 10.1. The minimum atomic E-state index is -0.643. The van der Waals surface area contributed by atoms with Crippen LogP contribution in [-0.2, 0) is 19.1 Å². The van der Waals surface area contributed by atoms with Crippen LogP contribution < -0.4 is 10.1 Å². The van der Waals surface area contributed by atoms with E-state index in [9.17, 15) is 19.2 Å². The molecule has 0 atom stereocenters. The molecule has 0 bridgehead atoms. The zero-order chi connectivity index (χ0) is 24.0. The van der Waals surface area contributed by atoms with Gasteiger partial charge in [-0.25, -0.2) is 0 Å². The lowest BCUT2D eigenvalue weighted by Crippen LogP contribution is -2.34. The van der Waals surface area contributed by atoms with Crippen LogP contribution in [0.15, 0.2) is 47.4 Å². The number of thioether (sulfide) groups is 1. The summed E-state index contributed by atoms with van der Waals surface area (Å²) < 4.78 is 10.4. The molecule has 1 aliphatic heterocycles. The highest BCUT2D eigenvalue weighted by atomic mass is 32.2. The molecule has 0 unspecified atom stereocenters. The third-order valence-corrected chi connectivity index (χ3v) is 5.56. The molecule has 33 heavy (non-hydrogen) atoms. The Balaban J connectivity index is 1.62. The van der Waals surface area contributed by atoms with E-state index in [1.807, 2.05) is 32.0 Å². The SMILES string of the molecule is CCOC(=O)CN1C(=O)S/C(=C\c2cccc(OCC(=O)Nc3ccc(C)cc3C)c2)C1=O. The van der Waals surface area contributed by atoms with Crippen molar-refractivity contribution in [2.75, 3.05) is 25.1 Å². The van der Waals surface area contributed by atoms with Gasteiger partial charge in [0.1, 0.15) is 12.3 Å². The summed E-state index contributed by atoms with van der Waals surface area (Å²) in [5, 5.41) is 2.28. The van der Waals surface area contributed by atoms with Crippen LogP contribution in [0.5, 0.6) is 5.75 Å². The molecule has 3 amide bonds. The maximum Gasteiger partial charge on any atom is 0.326 e. The number of aryl methyl sites for hydroxylation is 2. The molecule has 0 aromatic heterocycles. The molecule has 0 saturated carbocycles. The number of ether oxygens (including phenoxy) is 2. The molecule has 2 aromatic rings. The zero-order valence-electron chi connectivity index (χ0n) is 18.5. The fourth-order valence-corrected chi connectivity index (χ4v) is 3.94. The number of carbonyl (C=O) groups is 4. The van der Waals surface area contributed by atoms with Crippen molar-refractivity contribution in [1.82, 2.24) is 4.90 Å². The number of nitrogens with one attached hydrogen (secondary N) is 1. The standard InChI is InChI=1S/C24H24N2O6S/c1-4-31-22(28)13-26-23(29)20(33-24(26)30)12-17-6-5-7-18(11-17)32-14-21(27)25-19-9-8-15(2)10-16(19)3/h5-12H,4,13-14H2,1-3H3,(H,25,27)/b20-12-. The van der Waals surface area contributed by atoms with E-state index < -0.39 is 23.7 Å². The van der Waals surface area contributed by atoms with Crippen LogP contribution in [0, 0.1) is 13.8 Å². The topological polar surface area (TPSA) is 102 Å². The van der Waals surface area contributed by atoms with Gasteiger partial charge in [0.05, 0.1) is 11.5 Å². The van der Waals surface area contributed by atoms with E-state index in [0.29, 0.717) is 11.3 Å². The Morgan fingerprint density at radius 3 is 2.64 bits per heavy atom. The van der Waals surface area contributed by atoms with E-state index in [0.717, 1.165) is 33.5 Å². The van der Waals surface area contributed by atoms with Gasteiger partial charge in [0.15, 0.2) is 6.61 Å². The van der Waals surface area contributed by atoms with Gasteiger partial charge in [-0.2, -0.15) is 0 Å². The van der Waals surface area contributed by atoms with Crippen molar-refractivity contribution in [1.29, 1.82) is 0 Å². The predicted octanol–water partition coefficient (Wildman–Crippen LogP) is 3.92. The molecule has 1 heterocycles. The number of hydrogen-bond donors (Lipinski definition) is 1. The number of anilines is 1. The molecule has 172 valence electrons.